The second kappa shape index (κ2) is 6.05. The van der Waals surface area contributed by atoms with Crippen LogP contribution < -0.4 is 4.57 Å². The lowest BCUT2D eigenvalue weighted by molar-refractivity contribution is -0.645. The van der Waals surface area contributed by atoms with E-state index in [1.165, 1.54) is 47.0 Å². The monoisotopic (exact) mass is 316 g/mol. The highest BCUT2D eigenvalue weighted by Crippen LogP contribution is 2.33. The largest absolute Gasteiger partial charge is 0.213 e. The highest BCUT2D eigenvalue weighted by Gasteiger charge is 2.30. The van der Waals surface area contributed by atoms with E-state index in [4.69, 9.17) is 0 Å². The van der Waals surface area contributed by atoms with E-state index in [9.17, 15) is 0 Å². The smallest absolute Gasteiger partial charge is 0.187 e. The van der Waals surface area contributed by atoms with Crippen molar-refractivity contribution in [2.75, 3.05) is 0 Å². The zero-order valence-corrected chi connectivity index (χ0v) is 15.0. The minimum atomic E-state index is 0.691. The van der Waals surface area contributed by atoms with Gasteiger partial charge >= 0.3 is 0 Å². The highest BCUT2D eigenvalue weighted by atomic mass is 15.0. The molecule has 2 heterocycles. The van der Waals surface area contributed by atoms with Crippen molar-refractivity contribution in [3.8, 4) is 11.3 Å². The van der Waals surface area contributed by atoms with Crippen LogP contribution in [0, 0.1) is 5.92 Å². The lowest BCUT2D eigenvalue weighted by atomic mass is 9.91. The molecule has 0 amide bonds. The fourth-order valence-corrected chi connectivity index (χ4v) is 4.09. The molecule has 0 unspecified atom stereocenters. The maximum absolute atomic E-state index is 2.50. The second-order valence-corrected chi connectivity index (χ2v) is 7.49. The molecule has 0 bridgehead atoms. The summed E-state index contributed by atoms with van der Waals surface area (Å²) in [6.45, 7) is 7.93. The number of aryl methyl sites for hydroxylation is 1. The van der Waals surface area contributed by atoms with Crippen LogP contribution in [0.15, 0.2) is 48.5 Å². The standard InChI is InChI=1S/C23H26N/c1-4-7-17-13-19(12-16(2)3)21-15-24-22-9-6-5-8-18(22)10-11-23(24)20(21)14-17/h5-6,8-11,13-14,16H,4,7,12,15H2,1-3H3/q+1. The molecule has 0 spiro atoms. The molecular weight excluding hydrogens is 290 g/mol. The van der Waals surface area contributed by atoms with Gasteiger partial charge in [0.25, 0.3) is 0 Å². The van der Waals surface area contributed by atoms with Gasteiger partial charge in [-0.05, 0) is 48.1 Å². The van der Waals surface area contributed by atoms with E-state index in [2.05, 4.69) is 73.9 Å². The Bertz CT molecular complexity index is 905. The molecule has 0 radical (unpaired) electrons. The Hall–Kier alpha value is -2.15. The van der Waals surface area contributed by atoms with Crippen LogP contribution in [0.5, 0.6) is 0 Å². The number of para-hydroxylation sites is 1. The van der Waals surface area contributed by atoms with Crippen molar-refractivity contribution in [2.24, 2.45) is 5.92 Å². The van der Waals surface area contributed by atoms with Crippen LogP contribution in [-0.2, 0) is 19.4 Å². The third kappa shape index (κ3) is 2.53. The molecule has 1 aliphatic rings. The van der Waals surface area contributed by atoms with Crippen LogP contribution in [0.3, 0.4) is 0 Å². The highest BCUT2D eigenvalue weighted by molar-refractivity contribution is 5.79. The van der Waals surface area contributed by atoms with Crippen molar-refractivity contribution >= 4 is 10.9 Å². The zero-order valence-electron chi connectivity index (χ0n) is 15.0. The van der Waals surface area contributed by atoms with Gasteiger partial charge in [0.05, 0.1) is 5.56 Å². The normalized spacial score (nSPS) is 12.7. The van der Waals surface area contributed by atoms with Crippen molar-refractivity contribution in [3.05, 3.63) is 65.2 Å². The average Bonchev–Trinajstić information content (AvgIpc) is 2.94. The molecule has 122 valence electrons. The summed E-state index contributed by atoms with van der Waals surface area (Å²) >= 11 is 0. The molecule has 3 aromatic rings. The van der Waals surface area contributed by atoms with Crippen LogP contribution in [0.4, 0.5) is 0 Å². The molecular formula is C23H26N+. The van der Waals surface area contributed by atoms with E-state index in [-0.39, 0.29) is 0 Å². The zero-order chi connectivity index (χ0) is 16.7. The Morgan fingerprint density at radius 1 is 1.04 bits per heavy atom. The number of aromatic nitrogens is 1. The van der Waals surface area contributed by atoms with Crippen LogP contribution in [-0.4, -0.2) is 0 Å². The van der Waals surface area contributed by atoms with Gasteiger partial charge in [0.2, 0.25) is 11.2 Å². The quantitative estimate of drug-likeness (QED) is 0.449. The first-order chi connectivity index (χ1) is 11.7. The molecule has 2 aromatic carbocycles. The van der Waals surface area contributed by atoms with Gasteiger partial charge in [0.1, 0.15) is 0 Å². The molecule has 0 atom stereocenters. The van der Waals surface area contributed by atoms with E-state index in [0.717, 1.165) is 6.54 Å². The van der Waals surface area contributed by atoms with Crippen molar-refractivity contribution in [1.29, 1.82) is 0 Å². The van der Waals surface area contributed by atoms with Gasteiger partial charge in [0, 0.05) is 23.1 Å². The average molecular weight is 316 g/mol. The fraction of sp³-hybridized carbons (Fsp3) is 0.348. The molecule has 1 aliphatic heterocycles. The Morgan fingerprint density at radius 2 is 1.88 bits per heavy atom. The second-order valence-electron chi connectivity index (χ2n) is 7.49. The van der Waals surface area contributed by atoms with Gasteiger partial charge < -0.3 is 0 Å². The molecule has 0 aliphatic carbocycles. The Morgan fingerprint density at radius 3 is 2.67 bits per heavy atom. The predicted octanol–water partition coefficient (Wildman–Crippen LogP) is 5.31. The van der Waals surface area contributed by atoms with E-state index in [1.54, 1.807) is 11.1 Å². The number of hydrogen-bond donors (Lipinski definition) is 0. The number of hydrogen-bond acceptors (Lipinski definition) is 0. The van der Waals surface area contributed by atoms with E-state index < -0.39 is 0 Å². The molecule has 1 heteroatoms. The number of fused-ring (bicyclic) bond motifs is 5. The number of rotatable bonds is 4. The summed E-state index contributed by atoms with van der Waals surface area (Å²) in [5.74, 6) is 0.691. The van der Waals surface area contributed by atoms with Crippen molar-refractivity contribution in [1.82, 2.24) is 0 Å². The summed E-state index contributed by atoms with van der Waals surface area (Å²) in [4.78, 5) is 0. The minimum absolute atomic E-state index is 0.691. The van der Waals surface area contributed by atoms with Gasteiger partial charge in [-0.1, -0.05) is 45.4 Å². The van der Waals surface area contributed by atoms with Gasteiger partial charge in [-0.2, -0.15) is 4.57 Å². The van der Waals surface area contributed by atoms with Crippen LogP contribution in [0.25, 0.3) is 22.2 Å². The van der Waals surface area contributed by atoms with E-state index in [0.29, 0.717) is 5.92 Å². The molecule has 24 heavy (non-hydrogen) atoms. The number of nitrogens with zero attached hydrogens (tertiary/aromatic N) is 1. The van der Waals surface area contributed by atoms with Gasteiger partial charge in [-0.15, -0.1) is 0 Å². The summed E-state index contributed by atoms with van der Waals surface area (Å²) in [5, 5.41) is 1.33. The first-order valence-electron chi connectivity index (χ1n) is 9.24. The van der Waals surface area contributed by atoms with Crippen molar-refractivity contribution < 1.29 is 4.57 Å². The topological polar surface area (TPSA) is 3.88 Å². The van der Waals surface area contributed by atoms with E-state index >= 15 is 0 Å². The third-order valence-electron chi connectivity index (χ3n) is 5.10. The lowest BCUT2D eigenvalue weighted by Gasteiger charge is -2.11. The molecule has 1 nitrogen and oxygen atoms in total. The molecule has 0 saturated heterocycles. The molecule has 0 saturated carbocycles. The summed E-state index contributed by atoms with van der Waals surface area (Å²) in [6.07, 6.45) is 3.55. The SMILES string of the molecule is CCCc1cc(CC(C)C)c2c(c1)-c1ccc3ccccc3[n+]1C2. The van der Waals surface area contributed by atoms with Crippen LogP contribution >= 0.6 is 0 Å². The van der Waals surface area contributed by atoms with Gasteiger partial charge in [0.15, 0.2) is 6.54 Å². The summed E-state index contributed by atoms with van der Waals surface area (Å²) in [5.41, 5.74) is 8.78. The number of benzene rings is 2. The van der Waals surface area contributed by atoms with Crippen molar-refractivity contribution in [3.63, 3.8) is 0 Å². The predicted molar refractivity (Wildman–Crippen MR) is 101 cm³/mol. The van der Waals surface area contributed by atoms with Crippen LogP contribution in [0.1, 0.15) is 43.9 Å². The number of pyridine rings is 1. The Balaban J connectivity index is 1.92. The molecule has 1 aromatic heterocycles. The van der Waals surface area contributed by atoms with Gasteiger partial charge in [-0.3, -0.25) is 0 Å². The lowest BCUT2D eigenvalue weighted by Crippen LogP contribution is -2.33. The Labute approximate surface area is 145 Å². The molecule has 4 rings (SSSR count). The first-order valence-corrected chi connectivity index (χ1v) is 9.24. The summed E-state index contributed by atoms with van der Waals surface area (Å²) in [6, 6.07) is 18.2. The summed E-state index contributed by atoms with van der Waals surface area (Å²) in [7, 11) is 0. The molecule has 0 fully saturated rings. The van der Waals surface area contributed by atoms with Crippen LogP contribution in [0.2, 0.25) is 0 Å². The van der Waals surface area contributed by atoms with Gasteiger partial charge in [-0.25, -0.2) is 0 Å². The maximum Gasteiger partial charge on any atom is 0.213 e. The first kappa shape index (κ1) is 15.4. The van der Waals surface area contributed by atoms with Crippen molar-refractivity contribution in [2.45, 2.75) is 46.6 Å². The molecule has 0 N–H and O–H groups in total. The fourth-order valence-electron chi connectivity index (χ4n) is 4.09. The summed E-state index contributed by atoms with van der Waals surface area (Å²) < 4.78 is 2.50. The minimum Gasteiger partial charge on any atom is -0.187 e. The maximum atomic E-state index is 2.50. The third-order valence-corrected chi connectivity index (χ3v) is 5.10. The Kier molecular flexibility index (Phi) is 3.88. The van der Waals surface area contributed by atoms with E-state index in [1.807, 2.05) is 0 Å².